The van der Waals surface area contributed by atoms with Gasteiger partial charge in [0.2, 0.25) is 0 Å². The standard InChI is InChI=1S/C15H22BrFN2/c1-3-12(2)19-9-7-18(8-10-19)11-13-5-4-6-14(17)15(13)16/h4-6,12H,3,7-11H2,1-2H3. The highest BCUT2D eigenvalue weighted by Gasteiger charge is 2.20. The molecule has 1 aliphatic rings. The van der Waals surface area contributed by atoms with Crippen LogP contribution in [0.15, 0.2) is 22.7 Å². The molecular formula is C15H22BrFN2. The number of piperazine rings is 1. The lowest BCUT2D eigenvalue weighted by molar-refractivity contribution is 0.0962. The molecule has 0 spiro atoms. The van der Waals surface area contributed by atoms with Crippen LogP contribution >= 0.6 is 15.9 Å². The Hall–Kier alpha value is -0.450. The normalized spacial score (nSPS) is 19.6. The minimum Gasteiger partial charge on any atom is -0.298 e. The van der Waals surface area contributed by atoms with Crippen LogP contribution < -0.4 is 0 Å². The molecule has 0 aliphatic carbocycles. The van der Waals surface area contributed by atoms with E-state index in [4.69, 9.17) is 0 Å². The monoisotopic (exact) mass is 328 g/mol. The highest BCUT2D eigenvalue weighted by molar-refractivity contribution is 9.10. The Morgan fingerprint density at radius 2 is 1.95 bits per heavy atom. The summed E-state index contributed by atoms with van der Waals surface area (Å²) in [6.07, 6.45) is 1.20. The van der Waals surface area contributed by atoms with Gasteiger partial charge in [-0.15, -0.1) is 0 Å². The van der Waals surface area contributed by atoms with Gasteiger partial charge in [0.15, 0.2) is 0 Å². The smallest absolute Gasteiger partial charge is 0.137 e. The fourth-order valence-corrected chi connectivity index (χ4v) is 2.92. The fourth-order valence-electron chi connectivity index (χ4n) is 2.53. The average molecular weight is 329 g/mol. The van der Waals surface area contributed by atoms with E-state index >= 15 is 0 Å². The third-order valence-electron chi connectivity index (χ3n) is 4.05. The number of hydrogen-bond donors (Lipinski definition) is 0. The summed E-state index contributed by atoms with van der Waals surface area (Å²) in [4.78, 5) is 4.94. The van der Waals surface area contributed by atoms with Crippen molar-refractivity contribution < 1.29 is 4.39 Å². The van der Waals surface area contributed by atoms with Crippen LogP contribution in [0.5, 0.6) is 0 Å². The Morgan fingerprint density at radius 3 is 2.58 bits per heavy atom. The summed E-state index contributed by atoms with van der Waals surface area (Å²) < 4.78 is 14.1. The Bertz CT molecular complexity index is 417. The van der Waals surface area contributed by atoms with E-state index in [0.717, 1.165) is 38.3 Å². The maximum absolute atomic E-state index is 13.5. The quantitative estimate of drug-likeness (QED) is 0.834. The van der Waals surface area contributed by atoms with Crippen LogP contribution in [0.4, 0.5) is 4.39 Å². The van der Waals surface area contributed by atoms with Crippen LogP contribution in [-0.2, 0) is 6.54 Å². The Morgan fingerprint density at radius 1 is 1.26 bits per heavy atom. The summed E-state index contributed by atoms with van der Waals surface area (Å²) in [6, 6.07) is 5.94. The number of halogens is 2. The van der Waals surface area contributed by atoms with Crippen molar-refractivity contribution in [2.45, 2.75) is 32.9 Å². The first-order valence-electron chi connectivity index (χ1n) is 7.01. The first-order valence-corrected chi connectivity index (χ1v) is 7.80. The van der Waals surface area contributed by atoms with Crippen molar-refractivity contribution in [1.29, 1.82) is 0 Å². The van der Waals surface area contributed by atoms with Gasteiger partial charge in [-0.2, -0.15) is 0 Å². The molecule has 1 aliphatic heterocycles. The molecule has 1 atom stereocenters. The highest BCUT2D eigenvalue weighted by atomic mass is 79.9. The van der Waals surface area contributed by atoms with Crippen molar-refractivity contribution in [3.8, 4) is 0 Å². The van der Waals surface area contributed by atoms with Crippen molar-refractivity contribution in [3.63, 3.8) is 0 Å². The van der Waals surface area contributed by atoms with E-state index in [-0.39, 0.29) is 5.82 Å². The van der Waals surface area contributed by atoms with E-state index < -0.39 is 0 Å². The highest BCUT2D eigenvalue weighted by Crippen LogP contribution is 2.22. The van der Waals surface area contributed by atoms with Crippen molar-refractivity contribution in [3.05, 3.63) is 34.1 Å². The first kappa shape index (κ1) is 14.9. The van der Waals surface area contributed by atoms with Crippen molar-refractivity contribution in [2.75, 3.05) is 26.2 Å². The van der Waals surface area contributed by atoms with E-state index in [0.29, 0.717) is 10.5 Å². The van der Waals surface area contributed by atoms with Gasteiger partial charge in [0.25, 0.3) is 0 Å². The zero-order chi connectivity index (χ0) is 13.8. The second-order valence-corrected chi connectivity index (χ2v) is 6.08. The number of nitrogens with zero attached hydrogens (tertiary/aromatic N) is 2. The van der Waals surface area contributed by atoms with Crippen molar-refractivity contribution in [2.24, 2.45) is 0 Å². The predicted octanol–water partition coefficient (Wildman–Crippen LogP) is 3.50. The second kappa shape index (κ2) is 6.82. The summed E-state index contributed by atoms with van der Waals surface area (Å²) in [5.74, 6) is -0.171. The number of hydrogen-bond acceptors (Lipinski definition) is 2. The van der Waals surface area contributed by atoms with Crippen molar-refractivity contribution >= 4 is 15.9 Å². The van der Waals surface area contributed by atoms with Gasteiger partial charge in [0.1, 0.15) is 5.82 Å². The van der Waals surface area contributed by atoms with Gasteiger partial charge in [-0.3, -0.25) is 9.80 Å². The molecule has 4 heteroatoms. The molecule has 19 heavy (non-hydrogen) atoms. The first-order chi connectivity index (χ1) is 9.11. The zero-order valence-electron chi connectivity index (χ0n) is 11.7. The maximum Gasteiger partial charge on any atom is 0.137 e. The van der Waals surface area contributed by atoms with E-state index in [1.807, 2.05) is 6.07 Å². The molecule has 1 aromatic carbocycles. The van der Waals surface area contributed by atoms with Crippen LogP contribution in [0.1, 0.15) is 25.8 Å². The third kappa shape index (κ3) is 3.77. The van der Waals surface area contributed by atoms with Gasteiger partial charge >= 0.3 is 0 Å². The van der Waals surface area contributed by atoms with E-state index in [1.165, 1.54) is 12.5 Å². The molecule has 1 aromatic rings. The van der Waals surface area contributed by atoms with Crippen LogP contribution in [0.2, 0.25) is 0 Å². The van der Waals surface area contributed by atoms with Gasteiger partial charge in [-0.05, 0) is 40.9 Å². The summed E-state index contributed by atoms with van der Waals surface area (Å²) in [6.45, 7) is 9.71. The molecular weight excluding hydrogens is 307 g/mol. The lowest BCUT2D eigenvalue weighted by Gasteiger charge is -2.38. The van der Waals surface area contributed by atoms with E-state index in [2.05, 4.69) is 39.6 Å². The lowest BCUT2D eigenvalue weighted by Crippen LogP contribution is -2.49. The fraction of sp³-hybridized carbons (Fsp3) is 0.600. The van der Waals surface area contributed by atoms with Crippen LogP contribution in [0.3, 0.4) is 0 Å². The Balaban J connectivity index is 1.90. The molecule has 1 unspecified atom stereocenters. The Labute approximate surface area is 123 Å². The molecule has 0 amide bonds. The molecule has 2 rings (SSSR count). The van der Waals surface area contributed by atoms with Crippen LogP contribution in [0.25, 0.3) is 0 Å². The minimum absolute atomic E-state index is 0.171. The largest absolute Gasteiger partial charge is 0.298 e. The molecule has 1 heterocycles. The molecule has 0 saturated carbocycles. The van der Waals surface area contributed by atoms with Crippen LogP contribution in [-0.4, -0.2) is 42.0 Å². The molecule has 0 N–H and O–H groups in total. The number of benzene rings is 1. The summed E-state index contributed by atoms with van der Waals surface area (Å²) in [5.41, 5.74) is 1.04. The predicted molar refractivity (Wildman–Crippen MR) is 80.7 cm³/mol. The molecule has 0 aromatic heterocycles. The van der Waals surface area contributed by atoms with Gasteiger partial charge in [0, 0.05) is 38.8 Å². The SMILES string of the molecule is CCC(C)N1CCN(Cc2cccc(F)c2Br)CC1. The van der Waals surface area contributed by atoms with Gasteiger partial charge in [-0.1, -0.05) is 19.1 Å². The van der Waals surface area contributed by atoms with E-state index in [1.54, 1.807) is 6.07 Å². The lowest BCUT2D eigenvalue weighted by atomic mass is 10.1. The number of rotatable bonds is 4. The van der Waals surface area contributed by atoms with Crippen molar-refractivity contribution in [1.82, 2.24) is 9.80 Å². The molecule has 1 saturated heterocycles. The average Bonchev–Trinajstić information content (AvgIpc) is 2.44. The third-order valence-corrected chi connectivity index (χ3v) is 4.93. The Kier molecular flexibility index (Phi) is 5.37. The molecule has 0 bridgehead atoms. The summed E-state index contributed by atoms with van der Waals surface area (Å²) >= 11 is 3.34. The van der Waals surface area contributed by atoms with Gasteiger partial charge in [0.05, 0.1) is 4.47 Å². The molecule has 0 radical (unpaired) electrons. The molecule has 106 valence electrons. The molecule has 1 fully saturated rings. The van der Waals surface area contributed by atoms with Gasteiger partial charge < -0.3 is 0 Å². The zero-order valence-corrected chi connectivity index (χ0v) is 13.3. The summed E-state index contributed by atoms with van der Waals surface area (Å²) in [7, 11) is 0. The molecule has 2 nitrogen and oxygen atoms in total. The van der Waals surface area contributed by atoms with E-state index in [9.17, 15) is 4.39 Å². The minimum atomic E-state index is -0.171. The van der Waals surface area contributed by atoms with Gasteiger partial charge in [-0.25, -0.2) is 4.39 Å². The summed E-state index contributed by atoms with van der Waals surface area (Å²) in [5, 5.41) is 0. The topological polar surface area (TPSA) is 6.48 Å². The second-order valence-electron chi connectivity index (χ2n) is 5.28. The van der Waals surface area contributed by atoms with Crippen LogP contribution in [0, 0.1) is 5.82 Å². The maximum atomic E-state index is 13.5.